The Kier molecular flexibility index (Phi) is 3.90. The largest absolute Gasteiger partial charge is 0.467 e. The summed E-state index contributed by atoms with van der Waals surface area (Å²) in [5.41, 5.74) is 5.52. The van der Waals surface area contributed by atoms with Crippen LogP contribution in [-0.4, -0.2) is 31.6 Å². The second-order valence-electron chi connectivity index (χ2n) is 5.70. The first-order chi connectivity index (χ1) is 8.58. The second-order valence-corrected chi connectivity index (χ2v) is 5.70. The molecule has 1 atom stereocenters. The van der Waals surface area contributed by atoms with Crippen molar-refractivity contribution < 1.29 is 14.3 Å². The lowest BCUT2D eigenvalue weighted by atomic mass is 9.78. The maximum absolute atomic E-state index is 11.7. The predicted octanol–water partition coefficient (Wildman–Crippen LogP) is 0.573. The normalized spacial score (nSPS) is 31.1. The van der Waals surface area contributed by atoms with E-state index in [1.807, 2.05) is 0 Å². The molecule has 0 heterocycles. The van der Waals surface area contributed by atoms with Crippen LogP contribution in [0, 0.1) is 11.3 Å². The van der Waals surface area contributed by atoms with Crippen LogP contribution in [0.2, 0.25) is 0 Å². The summed E-state index contributed by atoms with van der Waals surface area (Å²) >= 11 is 0. The highest BCUT2D eigenvalue weighted by molar-refractivity contribution is 5.85. The van der Waals surface area contributed by atoms with Gasteiger partial charge in [0.15, 0.2) is 0 Å². The number of esters is 1. The van der Waals surface area contributed by atoms with Crippen LogP contribution in [0.15, 0.2) is 0 Å². The van der Waals surface area contributed by atoms with Crippen molar-refractivity contribution in [2.75, 3.05) is 13.7 Å². The van der Waals surface area contributed by atoms with Gasteiger partial charge in [-0.25, -0.2) is 4.79 Å². The van der Waals surface area contributed by atoms with E-state index in [-0.39, 0.29) is 23.8 Å². The molecule has 5 nitrogen and oxygen atoms in total. The molecule has 2 rings (SSSR count). The maximum atomic E-state index is 11.7. The fraction of sp³-hybridized carbons (Fsp3) is 0.846. The number of rotatable bonds is 5. The van der Waals surface area contributed by atoms with Crippen molar-refractivity contribution in [3.05, 3.63) is 0 Å². The van der Waals surface area contributed by atoms with Gasteiger partial charge in [0.1, 0.15) is 6.04 Å². The summed E-state index contributed by atoms with van der Waals surface area (Å²) in [4.78, 5) is 23.1. The number of hydrogen-bond donors (Lipinski definition) is 2. The van der Waals surface area contributed by atoms with E-state index < -0.39 is 6.04 Å². The third kappa shape index (κ3) is 2.66. The quantitative estimate of drug-likeness (QED) is 0.703. The van der Waals surface area contributed by atoms with Gasteiger partial charge >= 0.3 is 5.97 Å². The van der Waals surface area contributed by atoms with E-state index in [0.717, 1.165) is 5.92 Å². The van der Waals surface area contributed by atoms with Gasteiger partial charge in [0.2, 0.25) is 5.91 Å². The minimum Gasteiger partial charge on any atom is -0.467 e. The SMILES string of the molecule is COC(=O)[C@H](CC12CCC(CC1)C2)NC(=O)CN. The van der Waals surface area contributed by atoms with E-state index in [1.54, 1.807) is 0 Å². The molecule has 3 N–H and O–H groups in total. The highest BCUT2D eigenvalue weighted by atomic mass is 16.5. The Bertz CT molecular complexity index is 335. The van der Waals surface area contributed by atoms with Crippen molar-refractivity contribution >= 4 is 11.9 Å². The average Bonchev–Trinajstić information content (AvgIpc) is 2.97. The molecule has 0 aromatic carbocycles. The van der Waals surface area contributed by atoms with E-state index in [4.69, 9.17) is 10.5 Å². The topological polar surface area (TPSA) is 81.4 Å². The number of carbonyl (C=O) groups excluding carboxylic acids is 2. The van der Waals surface area contributed by atoms with Crippen LogP contribution in [0.1, 0.15) is 38.5 Å². The van der Waals surface area contributed by atoms with E-state index in [0.29, 0.717) is 6.42 Å². The van der Waals surface area contributed by atoms with Gasteiger partial charge in [-0.1, -0.05) is 0 Å². The fourth-order valence-electron chi connectivity index (χ4n) is 3.62. The molecule has 2 aliphatic rings. The van der Waals surface area contributed by atoms with Gasteiger partial charge in [0.05, 0.1) is 13.7 Å². The minimum absolute atomic E-state index is 0.0941. The third-order valence-electron chi connectivity index (χ3n) is 4.53. The second kappa shape index (κ2) is 5.26. The Labute approximate surface area is 107 Å². The summed E-state index contributed by atoms with van der Waals surface area (Å²) in [7, 11) is 1.35. The first kappa shape index (κ1) is 13.3. The van der Waals surface area contributed by atoms with Crippen LogP contribution in [0.5, 0.6) is 0 Å². The van der Waals surface area contributed by atoms with Crippen LogP contribution in [0.4, 0.5) is 0 Å². The summed E-state index contributed by atoms with van der Waals surface area (Å²) in [6.45, 7) is -0.0941. The molecular weight excluding hydrogens is 232 g/mol. The average molecular weight is 254 g/mol. The van der Waals surface area contributed by atoms with Crippen LogP contribution >= 0.6 is 0 Å². The Morgan fingerprint density at radius 1 is 1.44 bits per heavy atom. The van der Waals surface area contributed by atoms with Crippen molar-refractivity contribution in [1.29, 1.82) is 0 Å². The van der Waals surface area contributed by atoms with Gasteiger partial charge < -0.3 is 15.8 Å². The number of nitrogens with one attached hydrogen (secondary N) is 1. The molecule has 2 bridgehead atoms. The lowest BCUT2D eigenvalue weighted by Gasteiger charge is -2.30. The van der Waals surface area contributed by atoms with E-state index in [9.17, 15) is 9.59 Å². The van der Waals surface area contributed by atoms with Gasteiger partial charge in [0, 0.05) is 0 Å². The number of ether oxygens (including phenoxy) is 1. The Balaban J connectivity index is 2.00. The molecule has 0 unspecified atom stereocenters. The van der Waals surface area contributed by atoms with E-state index in [1.165, 1.54) is 39.2 Å². The smallest absolute Gasteiger partial charge is 0.328 e. The maximum Gasteiger partial charge on any atom is 0.328 e. The van der Waals surface area contributed by atoms with Gasteiger partial charge in [-0.15, -0.1) is 0 Å². The standard InChI is InChI=1S/C13H22N2O3/c1-18-12(17)10(15-11(16)8-14)7-13-4-2-9(6-13)3-5-13/h9-10H,2-8,14H2,1H3,(H,15,16)/t9?,10-,13?/m0/s1. The molecule has 5 heteroatoms. The Morgan fingerprint density at radius 2 is 2.11 bits per heavy atom. The molecule has 0 aliphatic heterocycles. The summed E-state index contributed by atoms with van der Waals surface area (Å²) in [6, 6.07) is -0.539. The molecule has 2 aliphatic carbocycles. The van der Waals surface area contributed by atoms with Crippen LogP contribution in [0.25, 0.3) is 0 Å². The summed E-state index contributed by atoms with van der Waals surface area (Å²) in [5, 5.41) is 2.68. The zero-order valence-electron chi connectivity index (χ0n) is 10.9. The molecule has 102 valence electrons. The van der Waals surface area contributed by atoms with E-state index >= 15 is 0 Å². The summed E-state index contributed by atoms with van der Waals surface area (Å²) < 4.78 is 4.78. The first-order valence-corrected chi connectivity index (χ1v) is 6.66. The summed E-state index contributed by atoms with van der Waals surface area (Å²) in [5.74, 6) is 0.171. The molecule has 0 aromatic rings. The number of nitrogens with two attached hydrogens (primary N) is 1. The van der Waals surface area contributed by atoms with Gasteiger partial charge in [-0.3, -0.25) is 4.79 Å². The number of methoxy groups -OCH3 is 1. The number of amides is 1. The van der Waals surface area contributed by atoms with Crippen molar-refractivity contribution in [3.8, 4) is 0 Å². The van der Waals surface area contributed by atoms with Crippen molar-refractivity contribution in [1.82, 2.24) is 5.32 Å². The van der Waals surface area contributed by atoms with Crippen molar-refractivity contribution in [3.63, 3.8) is 0 Å². The molecule has 0 aromatic heterocycles. The molecule has 0 saturated heterocycles. The summed E-state index contributed by atoms with van der Waals surface area (Å²) in [6.07, 6.45) is 6.76. The van der Waals surface area contributed by atoms with Crippen molar-refractivity contribution in [2.24, 2.45) is 17.1 Å². The number of fused-ring (bicyclic) bond motifs is 2. The Morgan fingerprint density at radius 3 is 2.56 bits per heavy atom. The zero-order valence-corrected chi connectivity index (χ0v) is 10.9. The van der Waals surface area contributed by atoms with Crippen LogP contribution in [0.3, 0.4) is 0 Å². The molecule has 2 saturated carbocycles. The lowest BCUT2D eigenvalue weighted by Crippen LogP contribution is -2.46. The Hall–Kier alpha value is -1.10. The molecule has 2 fully saturated rings. The van der Waals surface area contributed by atoms with Crippen LogP contribution < -0.4 is 11.1 Å². The monoisotopic (exact) mass is 254 g/mol. The molecule has 0 radical (unpaired) electrons. The number of hydrogen-bond acceptors (Lipinski definition) is 4. The van der Waals surface area contributed by atoms with E-state index in [2.05, 4.69) is 5.32 Å². The number of carbonyl (C=O) groups is 2. The first-order valence-electron chi connectivity index (χ1n) is 6.66. The zero-order chi connectivity index (χ0) is 13.2. The molecular formula is C13H22N2O3. The predicted molar refractivity (Wildman–Crippen MR) is 66.6 cm³/mol. The molecule has 1 amide bonds. The minimum atomic E-state index is -0.539. The van der Waals surface area contributed by atoms with Crippen molar-refractivity contribution in [2.45, 2.75) is 44.6 Å². The molecule has 18 heavy (non-hydrogen) atoms. The van der Waals surface area contributed by atoms with Crippen LogP contribution in [-0.2, 0) is 14.3 Å². The molecule has 0 spiro atoms. The van der Waals surface area contributed by atoms with Gasteiger partial charge in [-0.05, 0) is 49.9 Å². The lowest BCUT2D eigenvalue weighted by molar-refractivity contribution is -0.146. The van der Waals surface area contributed by atoms with Gasteiger partial charge in [-0.2, -0.15) is 0 Å². The fourth-order valence-corrected chi connectivity index (χ4v) is 3.62. The third-order valence-corrected chi connectivity index (χ3v) is 4.53. The van der Waals surface area contributed by atoms with Gasteiger partial charge in [0.25, 0.3) is 0 Å². The highest BCUT2D eigenvalue weighted by Crippen LogP contribution is 2.56. The highest BCUT2D eigenvalue weighted by Gasteiger charge is 2.46.